The molecule has 8 heteroatoms. The topological polar surface area (TPSA) is 84.3 Å². The lowest BCUT2D eigenvalue weighted by molar-refractivity contribution is -0.384. The van der Waals surface area contributed by atoms with Gasteiger partial charge in [-0.1, -0.05) is 17.7 Å². The van der Waals surface area contributed by atoms with Gasteiger partial charge in [0.05, 0.1) is 4.92 Å². The van der Waals surface area contributed by atoms with Crippen LogP contribution in [0.5, 0.6) is 0 Å². The van der Waals surface area contributed by atoms with E-state index in [4.69, 9.17) is 23.8 Å². The molecular weight excluding hydrogens is 326 g/mol. The molecule has 0 unspecified atom stereocenters. The summed E-state index contributed by atoms with van der Waals surface area (Å²) in [5.41, 5.74) is 0.877. The van der Waals surface area contributed by atoms with E-state index in [1.54, 1.807) is 18.2 Å². The Bertz CT molecular complexity index is 734. The van der Waals surface area contributed by atoms with Crippen molar-refractivity contribution in [1.82, 2.24) is 5.32 Å². The van der Waals surface area contributed by atoms with Crippen molar-refractivity contribution in [3.63, 3.8) is 0 Å². The number of hydrogen-bond donors (Lipinski definition) is 2. The van der Waals surface area contributed by atoms with Gasteiger partial charge in [-0.05, 0) is 42.5 Å². The number of nitro benzene ring substituents is 1. The monoisotopic (exact) mass is 335 g/mol. The first kappa shape index (κ1) is 15.9. The van der Waals surface area contributed by atoms with Gasteiger partial charge in [-0.15, -0.1) is 0 Å². The second kappa shape index (κ2) is 6.97. The zero-order chi connectivity index (χ0) is 16.1. The van der Waals surface area contributed by atoms with Crippen LogP contribution in [-0.4, -0.2) is 15.9 Å². The molecule has 0 saturated heterocycles. The van der Waals surface area contributed by atoms with Crippen LogP contribution in [0.3, 0.4) is 0 Å². The molecule has 0 spiro atoms. The maximum Gasteiger partial charge on any atom is 0.269 e. The first-order chi connectivity index (χ1) is 10.5. The van der Waals surface area contributed by atoms with Crippen molar-refractivity contribution in [3.05, 3.63) is 69.2 Å². The number of nitro groups is 1. The Labute approximate surface area is 136 Å². The van der Waals surface area contributed by atoms with Gasteiger partial charge in [0.15, 0.2) is 5.11 Å². The quantitative estimate of drug-likeness (QED) is 0.510. The van der Waals surface area contributed by atoms with Crippen LogP contribution in [-0.2, 0) is 0 Å². The highest BCUT2D eigenvalue weighted by Gasteiger charge is 2.09. The van der Waals surface area contributed by atoms with E-state index in [0.29, 0.717) is 16.3 Å². The Balaban J connectivity index is 1.98. The summed E-state index contributed by atoms with van der Waals surface area (Å²) in [5.74, 6) is -0.401. The highest BCUT2D eigenvalue weighted by Crippen LogP contribution is 2.15. The van der Waals surface area contributed by atoms with Crippen molar-refractivity contribution in [1.29, 1.82) is 0 Å². The molecule has 0 atom stereocenters. The minimum absolute atomic E-state index is 0.0283. The number of halogens is 1. The number of amides is 1. The lowest BCUT2D eigenvalue weighted by Crippen LogP contribution is -2.34. The lowest BCUT2D eigenvalue weighted by Gasteiger charge is -2.09. The zero-order valence-corrected chi connectivity index (χ0v) is 12.6. The predicted octanol–water partition coefficient (Wildman–Crippen LogP) is 3.38. The van der Waals surface area contributed by atoms with Crippen LogP contribution in [0.15, 0.2) is 48.5 Å². The molecule has 0 aliphatic rings. The van der Waals surface area contributed by atoms with Gasteiger partial charge in [0, 0.05) is 28.4 Å². The third-order valence-corrected chi connectivity index (χ3v) is 3.09. The Hall–Kier alpha value is -2.51. The number of carbonyl (C=O) groups excluding carboxylic acids is 1. The molecule has 0 radical (unpaired) electrons. The number of carbonyl (C=O) groups is 1. The highest BCUT2D eigenvalue weighted by molar-refractivity contribution is 7.80. The fourth-order valence-electron chi connectivity index (χ4n) is 1.63. The molecule has 2 aromatic carbocycles. The number of rotatable bonds is 3. The van der Waals surface area contributed by atoms with Crippen molar-refractivity contribution in [2.75, 3.05) is 5.32 Å². The van der Waals surface area contributed by atoms with Gasteiger partial charge < -0.3 is 5.32 Å². The summed E-state index contributed by atoms with van der Waals surface area (Å²) in [5, 5.41) is 16.3. The van der Waals surface area contributed by atoms with Gasteiger partial charge >= 0.3 is 0 Å². The first-order valence-corrected chi connectivity index (χ1v) is 6.86. The Kier molecular flexibility index (Phi) is 5.03. The number of anilines is 1. The van der Waals surface area contributed by atoms with E-state index in [2.05, 4.69) is 10.6 Å². The molecule has 0 fully saturated rings. The van der Waals surface area contributed by atoms with Crippen molar-refractivity contribution in [2.45, 2.75) is 0 Å². The summed E-state index contributed by atoms with van der Waals surface area (Å²) in [6, 6.07) is 12.1. The SMILES string of the molecule is O=C(NC(=S)Nc1ccc([N+](=O)[O-])cc1)c1cccc(Cl)c1. The van der Waals surface area contributed by atoms with E-state index >= 15 is 0 Å². The second-order valence-corrected chi connectivity index (χ2v) is 5.07. The third-order valence-electron chi connectivity index (χ3n) is 2.65. The van der Waals surface area contributed by atoms with Gasteiger partial charge in [-0.25, -0.2) is 0 Å². The van der Waals surface area contributed by atoms with E-state index in [9.17, 15) is 14.9 Å². The minimum atomic E-state index is -0.497. The summed E-state index contributed by atoms with van der Waals surface area (Å²) in [6.07, 6.45) is 0. The molecule has 22 heavy (non-hydrogen) atoms. The highest BCUT2D eigenvalue weighted by atomic mass is 35.5. The van der Waals surface area contributed by atoms with E-state index in [-0.39, 0.29) is 10.8 Å². The Morgan fingerprint density at radius 3 is 2.45 bits per heavy atom. The molecule has 112 valence electrons. The largest absolute Gasteiger partial charge is 0.332 e. The van der Waals surface area contributed by atoms with E-state index in [1.807, 2.05) is 0 Å². The minimum Gasteiger partial charge on any atom is -0.332 e. The first-order valence-electron chi connectivity index (χ1n) is 6.08. The van der Waals surface area contributed by atoms with Gasteiger partial charge in [0.2, 0.25) is 0 Å². The summed E-state index contributed by atoms with van der Waals surface area (Å²) < 4.78 is 0. The number of hydrogen-bond acceptors (Lipinski definition) is 4. The van der Waals surface area contributed by atoms with Crippen molar-refractivity contribution >= 4 is 46.2 Å². The van der Waals surface area contributed by atoms with Crippen LogP contribution in [0.1, 0.15) is 10.4 Å². The lowest BCUT2D eigenvalue weighted by atomic mass is 10.2. The second-order valence-electron chi connectivity index (χ2n) is 4.22. The smallest absolute Gasteiger partial charge is 0.269 e. The molecule has 0 aliphatic heterocycles. The van der Waals surface area contributed by atoms with Crippen LogP contribution < -0.4 is 10.6 Å². The molecule has 0 heterocycles. The average Bonchev–Trinajstić information content (AvgIpc) is 2.47. The zero-order valence-electron chi connectivity index (χ0n) is 11.1. The van der Waals surface area contributed by atoms with Crippen LogP contribution in [0.2, 0.25) is 5.02 Å². The molecule has 0 saturated carbocycles. The molecular formula is C14H10ClN3O3S. The summed E-state index contributed by atoms with van der Waals surface area (Å²) in [4.78, 5) is 22.0. The van der Waals surface area contributed by atoms with Gasteiger partial charge in [-0.2, -0.15) is 0 Å². The number of non-ortho nitro benzene ring substituents is 1. The van der Waals surface area contributed by atoms with Crippen molar-refractivity contribution in [2.24, 2.45) is 0 Å². The number of nitrogens with zero attached hydrogens (tertiary/aromatic N) is 1. The van der Waals surface area contributed by atoms with Crippen molar-refractivity contribution in [3.8, 4) is 0 Å². The molecule has 2 rings (SSSR count). The molecule has 0 bridgehead atoms. The van der Waals surface area contributed by atoms with Gasteiger partial charge in [0.25, 0.3) is 11.6 Å². The fourth-order valence-corrected chi connectivity index (χ4v) is 2.03. The molecule has 2 aromatic rings. The fraction of sp³-hybridized carbons (Fsp3) is 0. The Morgan fingerprint density at radius 1 is 1.18 bits per heavy atom. The summed E-state index contributed by atoms with van der Waals surface area (Å²) in [7, 11) is 0. The van der Waals surface area contributed by atoms with E-state index in [1.165, 1.54) is 30.3 Å². The average molecular weight is 336 g/mol. The predicted molar refractivity (Wildman–Crippen MR) is 88.2 cm³/mol. The van der Waals surface area contributed by atoms with Crippen LogP contribution in [0.4, 0.5) is 11.4 Å². The van der Waals surface area contributed by atoms with Crippen LogP contribution in [0.25, 0.3) is 0 Å². The normalized spacial score (nSPS) is 9.86. The summed E-state index contributed by atoms with van der Waals surface area (Å²) in [6.45, 7) is 0. The molecule has 0 aliphatic carbocycles. The van der Waals surface area contributed by atoms with E-state index < -0.39 is 10.8 Å². The molecule has 2 N–H and O–H groups in total. The van der Waals surface area contributed by atoms with Gasteiger partial charge in [-0.3, -0.25) is 20.2 Å². The molecule has 0 aromatic heterocycles. The third kappa shape index (κ3) is 4.24. The van der Waals surface area contributed by atoms with Crippen molar-refractivity contribution < 1.29 is 9.72 Å². The van der Waals surface area contributed by atoms with Gasteiger partial charge in [0.1, 0.15) is 0 Å². The number of nitrogens with one attached hydrogen (secondary N) is 2. The Morgan fingerprint density at radius 2 is 1.86 bits per heavy atom. The summed E-state index contributed by atoms with van der Waals surface area (Å²) >= 11 is 10.8. The number of benzene rings is 2. The number of thiocarbonyl (C=S) groups is 1. The van der Waals surface area contributed by atoms with Crippen LogP contribution in [0, 0.1) is 10.1 Å². The maximum atomic E-state index is 12.0. The maximum absolute atomic E-state index is 12.0. The standard InChI is InChI=1S/C14H10ClN3O3S/c15-10-3-1-2-9(8-10)13(19)17-14(22)16-11-4-6-12(7-5-11)18(20)21/h1-8H,(H2,16,17,19,22). The van der Waals surface area contributed by atoms with Crippen LogP contribution >= 0.6 is 23.8 Å². The molecule has 6 nitrogen and oxygen atoms in total. The van der Waals surface area contributed by atoms with E-state index in [0.717, 1.165) is 0 Å². The molecule has 1 amide bonds.